The molecule has 132 valence electrons. The van der Waals surface area contributed by atoms with E-state index >= 15 is 0 Å². The lowest BCUT2D eigenvalue weighted by molar-refractivity contribution is -0.115. The first-order valence-corrected chi connectivity index (χ1v) is 8.54. The zero-order chi connectivity index (χ0) is 18.6. The number of carbonyl (C=O) groups excluding carboxylic acids is 1. The number of benzene rings is 3. The van der Waals surface area contributed by atoms with Crippen molar-refractivity contribution < 1.29 is 14.6 Å². The lowest BCUT2D eigenvalue weighted by Gasteiger charge is -2.07. The van der Waals surface area contributed by atoms with Crippen molar-refractivity contribution in [2.45, 2.75) is 0 Å². The lowest BCUT2D eigenvalue weighted by Crippen LogP contribution is -2.15. The second-order valence-electron chi connectivity index (χ2n) is 6.15. The Kier molecular flexibility index (Phi) is 4.45. The van der Waals surface area contributed by atoms with E-state index in [9.17, 15) is 9.90 Å². The van der Waals surface area contributed by atoms with Gasteiger partial charge < -0.3 is 15.2 Å². The van der Waals surface area contributed by atoms with E-state index in [2.05, 4.69) is 5.32 Å². The third kappa shape index (κ3) is 3.90. The van der Waals surface area contributed by atoms with Crippen molar-refractivity contribution in [3.05, 3.63) is 102 Å². The second-order valence-corrected chi connectivity index (χ2v) is 6.15. The highest BCUT2D eigenvalue weighted by Crippen LogP contribution is 2.26. The van der Waals surface area contributed by atoms with Gasteiger partial charge >= 0.3 is 0 Å². The van der Waals surface area contributed by atoms with Crippen LogP contribution in [0.5, 0.6) is 17.2 Å². The molecule has 1 amide bonds. The fourth-order valence-electron chi connectivity index (χ4n) is 2.84. The van der Waals surface area contributed by atoms with Crippen LogP contribution in [0.15, 0.2) is 90.5 Å². The van der Waals surface area contributed by atoms with Gasteiger partial charge in [0.25, 0.3) is 5.91 Å². The first kappa shape index (κ1) is 16.7. The van der Waals surface area contributed by atoms with Crippen LogP contribution < -0.4 is 10.1 Å². The van der Waals surface area contributed by atoms with Gasteiger partial charge in [-0.25, -0.2) is 0 Å². The molecule has 0 unspecified atom stereocenters. The lowest BCUT2D eigenvalue weighted by atomic mass is 10.1. The molecule has 27 heavy (non-hydrogen) atoms. The van der Waals surface area contributed by atoms with Gasteiger partial charge in [-0.05, 0) is 71.8 Å². The summed E-state index contributed by atoms with van der Waals surface area (Å²) in [7, 11) is 0. The molecule has 1 aliphatic rings. The fourth-order valence-corrected chi connectivity index (χ4v) is 2.84. The molecule has 0 bridgehead atoms. The van der Waals surface area contributed by atoms with Crippen LogP contribution in [0.1, 0.15) is 11.1 Å². The second kappa shape index (κ2) is 7.22. The molecular formula is C23H17NO3. The van der Waals surface area contributed by atoms with Gasteiger partial charge in [0.15, 0.2) is 0 Å². The number of nitrogens with one attached hydrogen (secondary N) is 1. The molecule has 1 heterocycles. The maximum atomic E-state index is 12.2. The number of phenols is 1. The molecule has 4 heteroatoms. The van der Waals surface area contributed by atoms with Crippen LogP contribution in [0.3, 0.4) is 0 Å². The van der Waals surface area contributed by atoms with Gasteiger partial charge in [0.2, 0.25) is 0 Å². The van der Waals surface area contributed by atoms with Gasteiger partial charge in [-0.15, -0.1) is 0 Å². The predicted octanol–water partition coefficient (Wildman–Crippen LogP) is 4.74. The molecule has 0 aromatic heterocycles. The van der Waals surface area contributed by atoms with E-state index in [0.29, 0.717) is 5.57 Å². The molecule has 0 fully saturated rings. The molecule has 2 N–H and O–H groups in total. The number of hydrogen-bond donors (Lipinski definition) is 2. The number of para-hydroxylation sites is 1. The average Bonchev–Trinajstić information content (AvgIpc) is 3.04. The van der Waals surface area contributed by atoms with Gasteiger partial charge in [0.1, 0.15) is 17.2 Å². The summed E-state index contributed by atoms with van der Waals surface area (Å²) in [6, 6.07) is 23.9. The van der Waals surface area contributed by atoms with Gasteiger partial charge in [0.05, 0.1) is 0 Å². The quantitative estimate of drug-likeness (QED) is 0.665. The molecule has 4 nitrogen and oxygen atoms in total. The highest BCUT2D eigenvalue weighted by atomic mass is 16.5. The Morgan fingerprint density at radius 2 is 1.59 bits per heavy atom. The van der Waals surface area contributed by atoms with Crippen molar-refractivity contribution in [1.29, 1.82) is 0 Å². The minimum absolute atomic E-state index is 0.168. The monoisotopic (exact) mass is 355 g/mol. The summed E-state index contributed by atoms with van der Waals surface area (Å²) in [5.74, 6) is 1.50. The van der Waals surface area contributed by atoms with Crippen LogP contribution >= 0.6 is 0 Å². The standard InChI is InChI=1S/C23H17NO3/c25-19-6-4-5-16(14-19)13-18-15-22(24-23(18)26)17-9-11-21(12-10-17)27-20-7-2-1-3-8-20/h1-15,25H,(H,24,26)/b18-13+. The van der Waals surface area contributed by atoms with E-state index in [4.69, 9.17) is 4.74 Å². The van der Waals surface area contributed by atoms with Crippen molar-refractivity contribution in [1.82, 2.24) is 5.32 Å². The van der Waals surface area contributed by atoms with Crippen molar-refractivity contribution in [3.63, 3.8) is 0 Å². The highest BCUT2D eigenvalue weighted by molar-refractivity contribution is 6.10. The summed E-state index contributed by atoms with van der Waals surface area (Å²) in [6.45, 7) is 0. The number of aromatic hydroxyl groups is 1. The molecule has 0 spiro atoms. The number of amides is 1. The largest absolute Gasteiger partial charge is 0.508 e. The van der Waals surface area contributed by atoms with E-state index in [1.165, 1.54) is 0 Å². The van der Waals surface area contributed by atoms with E-state index in [0.717, 1.165) is 28.3 Å². The first-order chi connectivity index (χ1) is 13.2. The number of hydrogen-bond acceptors (Lipinski definition) is 3. The van der Waals surface area contributed by atoms with Crippen molar-refractivity contribution in [2.75, 3.05) is 0 Å². The van der Waals surface area contributed by atoms with E-state index in [1.54, 1.807) is 30.4 Å². The van der Waals surface area contributed by atoms with Gasteiger partial charge in [-0.2, -0.15) is 0 Å². The SMILES string of the molecule is O=C1NC(c2ccc(Oc3ccccc3)cc2)=C/C1=C\c1cccc(O)c1. The molecular weight excluding hydrogens is 338 g/mol. The van der Waals surface area contributed by atoms with Crippen LogP contribution in [0, 0.1) is 0 Å². The smallest absolute Gasteiger partial charge is 0.255 e. The molecule has 0 radical (unpaired) electrons. The Morgan fingerprint density at radius 3 is 2.33 bits per heavy atom. The van der Waals surface area contributed by atoms with Crippen LogP contribution in [-0.4, -0.2) is 11.0 Å². The molecule has 0 saturated heterocycles. The zero-order valence-electron chi connectivity index (χ0n) is 14.4. The summed E-state index contributed by atoms with van der Waals surface area (Å²) in [5, 5.41) is 12.4. The van der Waals surface area contributed by atoms with E-state index in [-0.39, 0.29) is 11.7 Å². The molecule has 0 saturated carbocycles. The first-order valence-electron chi connectivity index (χ1n) is 8.54. The Bertz CT molecular complexity index is 1030. The maximum absolute atomic E-state index is 12.2. The van der Waals surface area contributed by atoms with Gasteiger partial charge in [-0.3, -0.25) is 4.79 Å². The minimum atomic E-state index is -0.169. The molecule has 3 aromatic rings. The molecule has 0 atom stereocenters. The molecule has 3 aromatic carbocycles. The summed E-state index contributed by atoms with van der Waals surface area (Å²) in [6.07, 6.45) is 3.55. The maximum Gasteiger partial charge on any atom is 0.255 e. The van der Waals surface area contributed by atoms with E-state index in [1.807, 2.05) is 60.7 Å². The Morgan fingerprint density at radius 1 is 0.852 bits per heavy atom. The van der Waals surface area contributed by atoms with Gasteiger partial charge in [0, 0.05) is 11.3 Å². The number of carbonyl (C=O) groups is 1. The van der Waals surface area contributed by atoms with Crippen molar-refractivity contribution >= 4 is 17.7 Å². The summed E-state index contributed by atoms with van der Waals surface area (Å²) in [5.41, 5.74) is 2.94. The normalized spacial score (nSPS) is 14.7. The third-order valence-electron chi connectivity index (χ3n) is 4.15. The Labute approximate surface area is 157 Å². The predicted molar refractivity (Wildman–Crippen MR) is 105 cm³/mol. The topological polar surface area (TPSA) is 58.6 Å². The average molecular weight is 355 g/mol. The summed E-state index contributed by atoms with van der Waals surface area (Å²) >= 11 is 0. The molecule has 1 aliphatic heterocycles. The fraction of sp³-hybridized carbons (Fsp3) is 0. The summed E-state index contributed by atoms with van der Waals surface area (Å²) < 4.78 is 5.79. The Hall–Kier alpha value is -3.79. The number of phenolic OH excluding ortho intramolecular Hbond substituents is 1. The minimum Gasteiger partial charge on any atom is -0.508 e. The van der Waals surface area contributed by atoms with Crippen molar-refractivity contribution in [3.8, 4) is 17.2 Å². The summed E-state index contributed by atoms with van der Waals surface area (Å²) in [4.78, 5) is 12.2. The molecule has 4 rings (SSSR count). The third-order valence-corrected chi connectivity index (χ3v) is 4.15. The zero-order valence-corrected chi connectivity index (χ0v) is 14.4. The Balaban J connectivity index is 1.54. The number of ether oxygens (including phenoxy) is 1. The van der Waals surface area contributed by atoms with Gasteiger partial charge in [-0.1, -0.05) is 30.3 Å². The van der Waals surface area contributed by atoms with Crippen LogP contribution in [-0.2, 0) is 4.79 Å². The van der Waals surface area contributed by atoms with E-state index < -0.39 is 0 Å². The van der Waals surface area contributed by atoms with Crippen molar-refractivity contribution in [2.24, 2.45) is 0 Å². The highest BCUT2D eigenvalue weighted by Gasteiger charge is 2.19. The van der Waals surface area contributed by atoms with Crippen LogP contribution in [0.2, 0.25) is 0 Å². The van der Waals surface area contributed by atoms with Crippen LogP contribution in [0.25, 0.3) is 11.8 Å². The van der Waals surface area contributed by atoms with Crippen LogP contribution in [0.4, 0.5) is 0 Å². The number of rotatable bonds is 4. The molecule has 0 aliphatic carbocycles.